The Morgan fingerprint density at radius 1 is 0.550 bits per heavy atom. The van der Waals surface area contributed by atoms with E-state index in [2.05, 4.69) is 212 Å². The second-order valence-corrected chi connectivity index (χ2v) is 15.8. The van der Waals surface area contributed by atoms with Crippen molar-refractivity contribution >= 4 is 55.5 Å². The van der Waals surface area contributed by atoms with Crippen molar-refractivity contribution in [1.82, 2.24) is 0 Å². The molecule has 2 aliphatic rings. The molecule has 60 heavy (non-hydrogen) atoms. The fourth-order valence-electron chi connectivity index (χ4n) is 9.47. The van der Waals surface area contributed by atoms with Crippen molar-refractivity contribution in [2.24, 2.45) is 4.99 Å². The third-order valence-corrected chi connectivity index (χ3v) is 12.3. The van der Waals surface area contributed by atoms with Crippen molar-refractivity contribution in [3.63, 3.8) is 0 Å². The maximum absolute atomic E-state index is 7.01. The second kappa shape index (κ2) is 15.0. The van der Waals surface area contributed by atoms with Gasteiger partial charge in [-0.25, -0.2) is 0 Å². The van der Waals surface area contributed by atoms with Crippen molar-refractivity contribution in [1.29, 1.82) is 0 Å². The summed E-state index contributed by atoms with van der Waals surface area (Å²) in [6, 6.07) is 65.5. The van der Waals surface area contributed by atoms with Crippen LogP contribution in [0.2, 0.25) is 0 Å². The summed E-state index contributed by atoms with van der Waals surface area (Å²) in [5.74, 6) is 1.14. The molecule has 9 aromatic carbocycles. The van der Waals surface area contributed by atoms with Crippen LogP contribution >= 0.6 is 0 Å². The first-order valence-corrected chi connectivity index (χ1v) is 20.8. The number of hydrogen-bond donors (Lipinski definition) is 1. The van der Waals surface area contributed by atoms with E-state index in [4.69, 9.17) is 9.73 Å². The van der Waals surface area contributed by atoms with Gasteiger partial charge in [0.1, 0.15) is 11.9 Å². The van der Waals surface area contributed by atoms with E-state index in [0.29, 0.717) is 0 Å². The fraction of sp³-hybridized carbons (Fsp3) is 0.0702. The summed E-state index contributed by atoms with van der Waals surface area (Å²) in [4.78, 5) is 5.11. The van der Waals surface area contributed by atoms with Crippen LogP contribution in [-0.2, 0) is 6.42 Å². The van der Waals surface area contributed by atoms with Crippen molar-refractivity contribution in [3.05, 3.63) is 217 Å². The molecule has 286 valence electrons. The van der Waals surface area contributed by atoms with Crippen LogP contribution in [0.15, 0.2) is 205 Å². The number of fused-ring (bicyclic) bond motifs is 7. The zero-order valence-corrected chi connectivity index (χ0v) is 33.3. The van der Waals surface area contributed by atoms with Crippen LogP contribution in [0.25, 0.3) is 71.3 Å². The maximum Gasteiger partial charge on any atom is 0.135 e. The van der Waals surface area contributed by atoms with Crippen LogP contribution in [0, 0.1) is 0 Å². The largest absolute Gasteiger partial charge is 0.484 e. The van der Waals surface area contributed by atoms with Gasteiger partial charge >= 0.3 is 0 Å². The summed E-state index contributed by atoms with van der Waals surface area (Å²) < 4.78 is 7.01. The Kier molecular flexibility index (Phi) is 8.93. The number of nitrogens with zero attached hydrogens (tertiary/aromatic N) is 1. The summed E-state index contributed by atoms with van der Waals surface area (Å²) in [5.41, 5.74) is 13.9. The lowest BCUT2D eigenvalue weighted by Crippen LogP contribution is -2.21. The third kappa shape index (κ3) is 6.18. The highest BCUT2D eigenvalue weighted by molar-refractivity contribution is 6.19. The Morgan fingerprint density at radius 2 is 1.13 bits per heavy atom. The summed E-state index contributed by atoms with van der Waals surface area (Å²) in [6.07, 6.45) is 9.43. The van der Waals surface area contributed by atoms with E-state index in [0.717, 1.165) is 40.1 Å². The van der Waals surface area contributed by atoms with Gasteiger partial charge in [-0.1, -0.05) is 188 Å². The van der Waals surface area contributed by atoms with Crippen molar-refractivity contribution in [3.8, 4) is 39.1 Å². The summed E-state index contributed by atoms with van der Waals surface area (Å²) in [7, 11) is 1.98. The van der Waals surface area contributed by atoms with E-state index >= 15 is 0 Å². The number of aliphatic imine (C=N–C) groups is 1. The van der Waals surface area contributed by atoms with Crippen LogP contribution in [0.3, 0.4) is 0 Å². The number of ether oxygens (including phenoxy) is 1. The van der Waals surface area contributed by atoms with Crippen molar-refractivity contribution in [2.45, 2.75) is 18.4 Å². The Hall–Kier alpha value is -7.49. The molecular weight excluding hydrogens is 729 g/mol. The highest BCUT2D eigenvalue weighted by Crippen LogP contribution is 2.51. The highest BCUT2D eigenvalue weighted by atomic mass is 16.5. The number of benzene rings is 9. The number of rotatable bonds is 8. The summed E-state index contributed by atoms with van der Waals surface area (Å²) in [6.45, 7) is 0. The standard InChI is InChI=1S/C57H42N2O/c1-58-54-49-25-6-4-23-47(49)48-24-5-7-26-50(48)55(54)59-33-32-37-14-8-17-39(34-37)40-18-9-19-41(35-40)42-20-10-21-43(36-42)45-27-12-30-52-53-31-13-29-51(57(53)60-56(45)52)46-28-11-16-38-15-2-3-22-44(38)46/h2-31,33-36,53,57-58H,32H2,1H3. The number of allylic oxidation sites excluding steroid dienone is 2. The minimum absolute atomic E-state index is 0.0803. The molecule has 3 nitrogen and oxygen atoms in total. The van der Waals surface area contributed by atoms with Gasteiger partial charge in [0.25, 0.3) is 0 Å². The van der Waals surface area contributed by atoms with Crippen LogP contribution in [-0.4, -0.2) is 19.4 Å². The molecule has 0 fully saturated rings. The Morgan fingerprint density at radius 3 is 1.92 bits per heavy atom. The Bertz CT molecular complexity index is 3220. The SMILES string of the molecule is CNc1c(N=CCc2cccc(-c3cccc(-c4cccc(-c5cccc6c5OC5C(c7cccc8ccccc78)=CC=CC65)c4)c3)c2)c2ccccc2c2ccccc12. The second-order valence-electron chi connectivity index (χ2n) is 15.8. The van der Waals surface area contributed by atoms with Crippen LogP contribution in [0.1, 0.15) is 22.6 Å². The fourth-order valence-corrected chi connectivity index (χ4v) is 9.47. The molecule has 0 bridgehead atoms. The van der Waals surface area contributed by atoms with Gasteiger partial charge in [-0.2, -0.15) is 0 Å². The molecule has 11 rings (SSSR count). The molecule has 1 N–H and O–H groups in total. The molecule has 3 heteroatoms. The van der Waals surface area contributed by atoms with E-state index in [1.807, 2.05) is 7.05 Å². The molecule has 0 saturated heterocycles. The van der Waals surface area contributed by atoms with Crippen molar-refractivity contribution in [2.75, 3.05) is 12.4 Å². The molecule has 1 heterocycles. The molecule has 0 amide bonds. The molecule has 1 aliphatic heterocycles. The van der Waals surface area contributed by atoms with Gasteiger partial charge in [-0.15, -0.1) is 0 Å². The lowest BCUT2D eigenvalue weighted by atomic mass is 9.82. The van der Waals surface area contributed by atoms with Crippen LogP contribution in [0.5, 0.6) is 5.75 Å². The lowest BCUT2D eigenvalue weighted by Gasteiger charge is -2.24. The van der Waals surface area contributed by atoms with E-state index < -0.39 is 0 Å². The minimum atomic E-state index is -0.0803. The van der Waals surface area contributed by atoms with Gasteiger partial charge < -0.3 is 10.1 Å². The minimum Gasteiger partial charge on any atom is -0.484 e. The summed E-state index contributed by atoms with van der Waals surface area (Å²) >= 11 is 0. The summed E-state index contributed by atoms with van der Waals surface area (Å²) in [5, 5.41) is 10.7. The maximum atomic E-state index is 7.01. The lowest BCUT2D eigenvalue weighted by molar-refractivity contribution is 0.279. The molecular formula is C57H42N2O. The van der Waals surface area contributed by atoms with E-state index in [1.54, 1.807) is 0 Å². The average molecular weight is 771 g/mol. The smallest absolute Gasteiger partial charge is 0.135 e. The first kappa shape index (κ1) is 35.7. The zero-order chi connectivity index (χ0) is 40.0. The monoisotopic (exact) mass is 770 g/mol. The van der Waals surface area contributed by atoms with Gasteiger partial charge in [0.2, 0.25) is 0 Å². The van der Waals surface area contributed by atoms with E-state index in [1.165, 1.54) is 71.4 Å². The molecule has 0 saturated carbocycles. The predicted molar refractivity (Wildman–Crippen MR) is 254 cm³/mol. The van der Waals surface area contributed by atoms with Gasteiger partial charge in [-0.05, 0) is 72.6 Å². The first-order valence-electron chi connectivity index (χ1n) is 20.8. The number of anilines is 1. The molecule has 9 aromatic rings. The van der Waals surface area contributed by atoms with Gasteiger partial charge in [0.05, 0.1) is 11.4 Å². The predicted octanol–water partition coefficient (Wildman–Crippen LogP) is 14.6. The van der Waals surface area contributed by atoms with Gasteiger partial charge in [-0.3, -0.25) is 4.99 Å². The Balaban J connectivity index is 0.867. The normalized spacial score (nSPS) is 15.6. The van der Waals surface area contributed by atoms with E-state index in [9.17, 15) is 0 Å². The van der Waals surface area contributed by atoms with Gasteiger partial charge in [0, 0.05) is 53.1 Å². The number of para-hydroxylation sites is 1. The molecule has 2 atom stereocenters. The molecule has 2 unspecified atom stereocenters. The Labute approximate surface area is 350 Å². The van der Waals surface area contributed by atoms with Gasteiger partial charge in [0.15, 0.2) is 0 Å². The van der Waals surface area contributed by atoms with Crippen LogP contribution < -0.4 is 10.1 Å². The quantitative estimate of drug-likeness (QED) is 0.123. The topological polar surface area (TPSA) is 33.6 Å². The van der Waals surface area contributed by atoms with Crippen molar-refractivity contribution < 1.29 is 4.74 Å². The third-order valence-electron chi connectivity index (χ3n) is 12.3. The molecule has 0 aromatic heterocycles. The first-order chi connectivity index (χ1) is 29.7. The van der Waals surface area contributed by atoms with Crippen LogP contribution in [0.4, 0.5) is 11.4 Å². The molecule has 0 radical (unpaired) electrons. The van der Waals surface area contributed by atoms with E-state index in [-0.39, 0.29) is 12.0 Å². The molecule has 0 spiro atoms. The average Bonchev–Trinajstić information content (AvgIpc) is 3.71. The highest BCUT2D eigenvalue weighted by Gasteiger charge is 2.38. The molecule has 1 aliphatic carbocycles. The zero-order valence-electron chi connectivity index (χ0n) is 33.3. The number of hydrogen-bond acceptors (Lipinski definition) is 3. The number of nitrogens with one attached hydrogen (secondary N) is 1.